The first-order valence-electron chi connectivity index (χ1n) is 6.48. The lowest BCUT2D eigenvalue weighted by Crippen LogP contribution is -2.31. The van der Waals surface area contributed by atoms with E-state index in [9.17, 15) is 14.9 Å². The highest BCUT2D eigenvalue weighted by molar-refractivity contribution is 6.32. The van der Waals surface area contributed by atoms with E-state index in [2.05, 4.69) is 10.6 Å². The van der Waals surface area contributed by atoms with Crippen molar-refractivity contribution in [3.8, 4) is 0 Å². The number of hydrogen-bond donors (Lipinski definition) is 2. The van der Waals surface area contributed by atoms with Crippen molar-refractivity contribution in [2.75, 3.05) is 11.9 Å². The first-order chi connectivity index (χ1) is 10.5. The highest BCUT2D eigenvalue weighted by Crippen LogP contribution is 2.27. The summed E-state index contributed by atoms with van der Waals surface area (Å²) < 4.78 is 5.19. The third-order valence-electron chi connectivity index (χ3n) is 2.94. The molecular weight excluding hydrogens is 310 g/mol. The minimum Gasteiger partial charge on any atom is -0.467 e. The fraction of sp³-hybridized carbons (Fsp3) is 0.214. The van der Waals surface area contributed by atoms with Crippen LogP contribution in [0.5, 0.6) is 0 Å². The molecule has 7 nitrogen and oxygen atoms in total. The van der Waals surface area contributed by atoms with Gasteiger partial charge in [-0.25, -0.2) is 0 Å². The van der Waals surface area contributed by atoms with Crippen molar-refractivity contribution in [2.45, 2.75) is 13.0 Å². The molecule has 1 atom stereocenters. The summed E-state index contributed by atoms with van der Waals surface area (Å²) in [5.41, 5.74) is 0.230. The van der Waals surface area contributed by atoms with Crippen LogP contribution in [0.1, 0.15) is 18.7 Å². The SMILES string of the molecule is CC(NC(=O)CNc1ccc(Cl)c([N+](=O)[O-])c1)c1ccco1. The second-order valence-electron chi connectivity index (χ2n) is 4.58. The van der Waals surface area contributed by atoms with E-state index in [-0.39, 0.29) is 29.2 Å². The van der Waals surface area contributed by atoms with E-state index < -0.39 is 4.92 Å². The minimum atomic E-state index is -0.577. The van der Waals surface area contributed by atoms with Crippen LogP contribution < -0.4 is 10.6 Å². The van der Waals surface area contributed by atoms with Crippen molar-refractivity contribution in [3.05, 3.63) is 57.5 Å². The molecule has 1 amide bonds. The summed E-state index contributed by atoms with van der Waals surface area (Å²) in [6.07, 6.45) is 1.53. The molecule has 1 heterocycles. The van der Waals surface area contributed by atoms with Gasteiger partial charge in [-0.15, -0.1) is 0 Å². The van der Waals surface area contributed by atoms with Gasteiger partial charge in [0.2, 0.25) is 5.91 Å². The van der Waals surface area contributed by atoms with Crippen molar-refractivity contribution in [2.24, 2.45) is 0 Å². The fourth-order valence-corrected chi connectivity index (χ4v) is 2.03. The van der Waals surface area contributed by atoms with Crippen LogP contribution >= 0.6 is 11.6 Å². The Morgan fingerprint density at radius 2 is 2.23 bits per heavy atom. The lowest BCUT2D eigenvalue weighted by Gasteiger charge is -2.12. The molecule has 0 aliphatic carbocycles. The number of carbonyl (C=O) groups excluding carboxylic acids is 1. The molecule has 1 unspecified atom stereocenters. The van der Waals surface area contributed by atoms with Crippen molar-refractivity contribution >= 4 is 28.9 Å². The maximum atomic E-state index is 11.8. The predicted molar refractivity (Wildman–Crippen MR) is 81.9 cm³/mol. The molecule has 0 saturated carbocycles. The van der Waals surface area contributed by atoms with E-state index in [1.807, 2.05) is 0 Å². The number of nitro groups is 1. The van der Waals surface area contributed by atoms with Crippen LogP contribution in [-0.2, 0) is 4.79 Å². The van der Waals surface area contributed by atoms with Gasteiger partial charge < -0.3 is 15.1 Å². The molecule has 2 rings (SSSR count). The largest absolute Gasteiger partial charge is 0.467 e. The Kier molecular flexibility index (Phi) is 5.00. The maximum absolute atomic E-state index is 11.8. The van der Waals surface area contributed by atoms with Gasteiger partial charge in [-0.3, -0.25) is 14.9 Å². The topological polar surface area (TPSA) is 97.4 Å². The summed E-state index contributed by atoms with van der Waals surface area (Å²) in [6, 6.07) is 7.50. The third kappa shape index (κ3) is 3.98. The zero-order valence-corrected chi connectivity index (χ0v) is 12.5. The van der Waals surface area contributed by atoms with Crippen LogP contribution in [0.15, 0.2) is 41.0 Å². The van der Waals surface area contributed by atoms with Gasteiger partial charge in [0.1, 0.15) is 10.8 Å². The van der Waals surface area contributed by atoms with Crippen LogP contribution in [-0.4, -0.2) is 17.4 Å². The normalized spacial score (nSPS) is 11.7. The smallest absolute Gasteiger partial charge is 0.289 e. The molecule has 1 aromatic heterocycles. The number of anilines is 1. The number of nitrogens with zero attached hydrogens (tertiary/aromatic N) is 1. The van der Waals surface area contributed by atoms with E-state index in [0.29, 0.717) is 11.4 Å². The molecular formula is C14H14ClN3O4. The number of carbonyl (C=O) groups is 1. The first-order valence-corrected chi connectivity index (χ1v) is 6.85. The van der Waals surface area contributed by atoms with Gasteiger partial charge in [-0.1, -0.05) is 11.6 Å². The summed E-state index contributed by atoms with van der Waals surface area (Å²) >= 11 is 5.72. The Labute approximate surface area is 131 Å². The summed E-state index contributed by atoms with van der Waals surface area (Å²) in [7, 11) is 0. The van der Waals surface area contributed by atoms with Crippen molar-refractivity contribution < 1.29 is 14.1 Å². The van der Waals surface area contributed by atoms with Gasteiger partial charge in [0, 0.05) is 11.8 Å². The zero-order chi connectivity index (χ0) is 16.1. The number of hydrogen-bond acceptors (Lipinski definition) is 5. The van der Waals surface area contributed by atoms with Gasteiger partial charge in [0.05, 0.1) is 23.8 Å². The maximum Gasteiger partial charge on any atom is 0.289 e. The Morgan fingerprint density at radius 1 is 1.45 bits per heavy atom. The van der Waals surface area contributed by atoms with Gasteiger partial charge in [0.15, 0.2) is 0 Å². The Balaban J connectivity index is 1.91. The number of nitro benzene ring substituents is 1. The Morgan fingerprint density at radius 3 is 2.86 bits per heavy atom. The molecule has 0 aliphatic heterocycles. The summed E-state index contributed by atoms with van der Waals surface area (Å²) in [4.78, 5) is 22.0. The number of furan rings is 1. The molecule has 116 valence electrons. The molecule has 0 aliphatic rings. The molecule has 0 spiro atoms. The van der Waals surface area contributed by atoms with E-state index in [1.54, 1.807) is 25.1 Å². The summed E-state index contributed by atoms with van der Waals surface area (Å²) in [5.74, 6) is 0.386. The molecule has 0 fully saturated rings. The van der Waals surface area contributed by atoms with Crippen molar-refractivity contribution in [3.63, 3.8) is 0 Å². The molecule has 0 radical (unpaired) electrons. The molecule has 1 aromatic carbocycles. The Bertz CT molecular complexity index is 673. The van der Waals surface area contributed by atoms with Gasteiger partial charge in [0.25, 0.3) is 5.69 Å². The van der Waals surface area contributed by atoms with Gasteiger partial charge in [-0.2, -0.15) is 0 Å². The Hall–Kier alpha value is -2.54. The van der Waals surface area contributed by atoms with E-state index >= 15 is 0 Å². The van der Waals surface area contributed by atoms with E-state index in [4.69, 9.17) is 16.0 Å². The zero-order valence-electron chi connectivity index (χ0n) is 11.7. The molecule has 2 aromatic rings. The van der Waals surface area contributed by atoms with Crippen LogP contribution in [0.3, 0.4) is 0 Å². The highest BCUT2D eigenvalue weighted by atomic mass is 35.5. The van der Waals surface area contributed by atoms with E-state index in [0.717, 1.165) is 0 Å². The second kappa shape index (κ2) is 6.95. The van der Waals surface area contributed by atoms with Gasteiger partial charge in [-0.05, 0) is 31.2 Å². The summed E-state index contributed by atoms with van der Waals surface area (Å²) in [6.45, 7) is 1.77. The quantitative estimate of drug-likeness (QED) is 0.628. The van der Waals surface area contributed by atoms with Crippen LogP contribution in [0, 0.1) is 10.1 Å². The number of halogens is 1. The van der Waals surface area contributed by atoms with Gasteiger partial charge >= 0.3 is 0 Å². The molecule has 8 heteroatoms. The average Bonchev–Trinajstić information content (AvgIpc) is 3.00. The first kappa shape index (κ1) is 15.8. The molecule has 0 saturated heterocycles. The lowest BCUT2D eigenvalue weighted by atomic mass is 10.2. The van der Waals surface area contributed by atoms with Crippen LogP contribution in [0.2, 0.25) is 5.02 Å². The third-order valence-corrected chi connectivity index (χ3v) is 3.26. The lowest BCUT2D eigenvalue weighted by molar-refractivity contribution is -0.384. The number of amides is 1. The van der Waals surface area contributed by atoms with E-state index in [1.165, 1.54) is 18.4 Å². The summed E-state index contributed by atoms with van der Waals surface area (Å²) in [5, 5.41) is 16.4. The number of rotatable bonds is 6. The van der Waals surface area contributed by atoms with Crippen molar-refractivity contribution in [1.29, 1.82) is 0 Å². The molecule has 22 heavy (non-hydrogen) atoms. The number of nitrogens with one attached hydrogen (secondary N) is 2. The molecule has 2 N–H and O–H groups in total. The minimum absolute atomic E-state index is 0.0240. The highest BCUT2D eigenvalue weighted by Gasteiger charge is 2.14. The number of benzene rings is 1. The van der Waals surface area contributed by atoms with Crippen LogP contribution in [0.4, 0.5) is 11.4 Å². The van der Waals surface area contributed by atoms with Crippen LogP contribution in [0.25, 0.3) is 0 Å². The predicted octanol–water partition coefficient (Wildman–Crippen LogP) is 3.13. The second-order valence-corrected chi connectivity index (χ2v) is 4.99. The fourth-order valence-electron chi connectivity index (χ4n) is 1.85. The average molecular weight is 324 g/mol. The van der Waals surface area contributed by atoms with Crippen molar-refractivity contribution in [1.82, 2.24) is 5.32 Å². The monoisotopic (exact) mass is 323 g/mol. The molecule has 0 bridgehead atoms. The standard InChI is InChI=1S/C14H14ClN3O4/c1-9(13-3-2-6-22-13)17-14(19)8-16-10-4-5-11(15)12(7-10)18(20)21/h2-7,9,16H,8H2,1H3,(H,17,19).